The molecule has 38 heavy (non-hydrogen) atoms. The van der Waals surface area contributed by atoms with Crippen LogP contribution < -0.4 is 4.74 Å². The summed E-state index contributed by atoms with van der Waals surface area (Å²) in [6, 6.07) is 8.76. The van der Waals surface area contributed by atoms with Crippen LogP contribution in [0.25, 0.3) is 0 Å². The summed E-state index contributed by atoms with van der Waals surface area (Å²) >= 11 is 5.40. The highest BCUT2D eigenvalue weighted by Crippen LogP contribution is 2.76. The van der Waals surface area contributed by atoms with Gasteiger partial charge in [0.05, 0.1) is 16.7 Å². The van der Waals surface area contributed by atoms with E-state index in [0.717, 1.165) is 0 Å². The van der Waals surface area contributed by atoms with Gasteiger partial charge in [-0.2, -0.15) is 0 Å². The molecule has 204 valence electrons. The molecular weight excluding hydrogens is 516 g/mol. The Kier molecular flexibility index (Phi) is 5.62. The van der Waals surface area contributed by atoms with Crippen molar-refractivity contribution in [3.8, 4) is 5.75 Å². The first-order chi connectivity index (χ1) is 17.9. The predicted molar refractivity (Wildman–Crippen MR) is 131 cm³/mol. The summed E-state index contributed by atoms with van der Waals surface area (Å²) in [7, 11) is 0. The van der Waals surface area contributed by atoms with Gasteiger partial charge in [0.25, 0.3) is 0 Å². The summed E-state index contributed by atoms with van der Waals surface area (Å²) in [5, 5.41) is 10.6. The number of carbonyl (C=O) groups is 3. The van der Waals surface area contributed by atoms with Crippen LogP contribution in [0.5, 0.6) is 5.75 Å². The van der Waals surface area contributed by atoms with Crippen molar-refractivity contribution in [3.63, 3.8) is 0 Å². The maximum atomic E-state index is 13.4. The number of rotatable bonds is 4. The van der Waals surface area contributed by atoms with E-state index in [1.54, 1.807) is 31.2 Å². The molecule has 7 unspecified atom stereocenters. The number of ether oxygens (including phenoxy) is 6. The minimum absolute atomic E-state index is 0.0250. The number of benzene rings is 1. The van der Waals surface area contributed by atoms with Crippen LogP contribution in [0.4, 0.5) is 0 Å². The summed E-state index contributed by atoms with van der Waals surface area (Å²) < 4.78 is 35.2. The van der Waals surface area contributed by atoms with E-state index in [1.165, 1.54) is 0 Å². The molecule has 10 nitrogen and oxygen atoms in total. The first kappa shape index (κ1) is 25.5. The molecule has 1 N–H and O–H groups in total. The number of aliphatic hydroxyl groups is 1. The van der Waals surface area contributed by atoms with E-state index < -0.39 is 76.9 Å². The SMILES string of the molecule is C[C@@H]1C(=O)OC(CC23C4C[C@@H](C(C)(C)C)C25C(OC(=O)C5OC(=S)Oc2ccccc2)OC3C(=O)O4)[C@@H]1O. The van der Waals surface area contributed by atoms with Gasteiger partial charge in [0.1, 0.15) is 24.1 Å². The summed E-state index contributed by atoms with van der Waals surface area (Å²) in [5.41, 5.74) is -2.86. The minimum atomic E-state index is -1.29. The molecule has 5 fully saturated rings. The molecule has 5 aliphatic rings. The van der Waals surface area contributed by atoms with E-state index in [4.69, 9.17) is 40.6 Å². The van der Waals surface area contributed by atoms with Crippen LogP contribution >= 0.6 is 12.2 Å². The van der Waals surface area contributed by atoms with Crippen LogP contribution in [0.15, 0.2) is 30.3 Å². The summed E-state index contributed by atoms with van der Waals surface area (Å²) in [5.74, 6) is -2.42. The van der Waals surface area contributed by atoms with Crippen molar-refractivity contribution in [2.24, 2.45) is 28.1 Å². The van der Waals surface area contributed by atoms with Gasteiger partial charge in [-0.15, -0.1) is 0 Å². The summed E-state index contributed by atoms with van der Waals surface area (Å²) in [6.45, 7) is 7.67. The molecule has 1 aliphatic carbocycles. The molecule has 0 bridgehead atoms. The standard InChI is InChI=1S/C27H30O10S/c1-12-17(28)14(33-20(12)29)11-26-16-10-15(25(2,3)4)27(26)19(36-24(38)32-13-8-6-5-7-9-13)22(31)37-23(27)35-18(26)21(30)34-16/h5-9,12,14-19,23,28H,10-11H2,1-4H3/t12-,14?,15-,16?,17+,18?,19?,23?,26?,27?/m0/s1. The first-order valence-corrected chi connectivity index (χ1v) is 13.2. The zero-order valence-electron chi connectivity index (χ0n) is 21.4. The lowest BCUT2D eigenvalue weighted by Gasteiger charge is -2.47. The Bertz CT molecular complexity index is 1200. The summed E-state index contributed by atoms with van der Waals surface area (Å²) in [6.07, 6.45) is -5.80. The van der Waals surface area contributed by atoms with E-state index >= 15 is 0 Å². The Labute approximate surface area is 224 Å². The maximum Gasteiger partial charge on any atom is 0.358 e. The lowest BCUT2D eigenvalue weighted by Crippen LogP contribution is -2.58. The number of para-hydroxylation sites is 1. The van der Waals surface area contributed by atoms with E-state index in [9.17, 15) is 19.5 Å². The lowest BCUT2D eigenvalue weighted by atomic mass is 9.53. The molecule has 0 aromatic heterocycles. The Morgan fingerprint density at radius 2 is 1.79 bits per heavy atom. The fourth-order valence-corrected chi connectivity index (χ4v) is 7.83. The molecule has 1 spiro atoms. The molecule has 1 aromatic carbocycles. The highest BCUT2D eigenvalue weighted by atomic mass is 32.1. The van der Waals surface area contributed by atoms with Gasteiger partial charge in [-0.1, -0.05) is 39.0 Å². The maximum absolute atomic E-state index is 13.4. The van der Waals surface area contributed by atoms with E-state index in [0.29, 0.717) is 12.2 Å². The van der Waals surface area contributed by atoms with E-state index in [2.05, 4.69) is 0 Å². The van der Waals surface area contributed by atoms with Crippen LogP contribution in [-0.2, 0) is 38.1 Å². The van der Waals surface area contributed by atoms with Gasteiger partial charge < -0.3 is 33.5 Å². The monoisotopic (exact) mass is 546 g/mol. The zero-order chi connectivity index (χ0) is 27.2. The number of thiocarbonyl (C=S) groups is 1. The highest BCUT2D eigenvalue weighted by molar-refractivity contribution is 7.79. The van der Waals surface area contributed by atoms with Gasteiger partial charge in [-0.25, -0.2) is 9.59 Å². The molecule has 1 aromatic rings. The topological polar surface area (TPSA) is 127 Å². The number of aliphatic hydroxyl groups excluding tert-OH is 1. The third kappa shape index (κ3) is 3.24. The summed E-state index contributed by atoms with van der Waals surface area (Å²) in [4.78, 5) is 38.9. The largest absolute Gasteiger partial charge is 0.460 e. The molecule has 1 saturated carbocycles. The van der Waals surface area contributed by atoms with Gasteiger partial charge in [-0.3, -0.25) is 4.79 Å². The number of cyclic esters (lactones) is 1. The molecule has 4 saturated heterocycles. The lowest BCUT2D eigenvalue weighted by molar-refractivity contribution is -0.180. The Morgan fingerprint density at radius 1 is 1.08 bits per heavy atom. The molecule has 4 aliphatic heterocycles. The van der Waals surface area contributed by atoms with Gasteiger partial charge in [-0.05, 0) is 36.8 Å². The molecule has 11 heteroatoms. The number of carbonyl (C=O) groups excluding carboxylic acids is 3. The number of esters is 3. The second kappa shape index (κ2) is 8.37. The average molecular weight is 547 g/mol. The van der Waals surface area contributed by atoms with Crippen molar-refractivity contribution in [1.29, 1.82) is 0 Å². The molecule has 10 atom stereocenters. The molecule has 0 amide bonds. The first-order valence-electron chi connectivity index (χ1n) is 12.8. The van der Waals surface area contributed by atoms with Crippen LogP contribution in [0.3, 0.4) is 0 Å². The fraction of sp³-hybridized carbons (Fsp3) is 0.630. The van der Waals surface area contributed by atoms with Crippen molar-refractivity contribution in [3.05, 3.63) is 30.3 Å². The normalized spacial score (nSPS) is 42.8. The smallest absolute Gasteiger partial charge is 0.358 e. The third-order valence-electron chi connectivity index (χ3n) is 9.14. The molecule has 0 radical (unpaired) electrons. The number of hydrogen-bond donors (Lipinski definition) is 1. The van der Waals surface area contributed by atoms with Crippen molar-refractivity contribution < 1.29 is 47.9 Å². The second-order valence-corrected chi connectivity index (χ2v) is 12.3. The van der Waals surface area contributed by atoms with Crippen LogP contribution in [0, 0.1) is 28.1 Å². The minimum Gasteiger partial charge on any atom is -0.460 e. The van der Waals surface area contributed by atoms with Crippen LogP contribution in [0.1, 0.15) is 40.5 Å². The van der Waals surface area contributed by atoms with Crippen molar-refractivity contribution in [1.82, 2.24) is 0 Å². The predicted octanol–water partition coefficient (Wildman–Crippen LogP) is 2.29. The fourth-order valence-electron chi connectivity index (χ4n) is 7.64. The quantitative estimate of drug-likeness (QED) is 0.340. The van der Waals surface area contributed by atoms with E-state index in [1.807, 2.05) is 26.8 Å². The molecule has 6 rings (SSSR count). The van der Waals surface area contributed by atoms with Gasteiger partial charge in [0.15, 0.2) is 6.10 Å². The zero-order valence-corrected chi connectivity index (χ0v) is 22.3. The van der Waals surface area contributed by atoms with Crippen LogP contribution in [-0.4, -0.2) is 65.1 Å². The van der Waals surface area contributed by atoms with Crippen molar-refractivity contribution in [2.75, 3.05) is 0 Å². The Hall–Kier alpha value is -2.76. The van der Waals surface area contributed by atoms with Gasteiger partial charge in [0, 0.05) is 18.6 Å². The highest BCUT2D eigenvalue weighted by Gasteiger charge is 2.89. The Balaban J connectivity index is 1.45. The third-order valence-corrected chi connectivity index (χ3v) is 9.32. The molecule has 4 heterocycles. The van der Waals surface area contributed by atoms with Gasteiger partial charge >= 0.3 is 23.1 Å². The molecular formula is C27H30O10S. The van der Waals surface area contributed by atoms with Crippen molar-refractivity contribution in [2.45, 2.75) is 77.3 Å². The van der Waals surface area contributed by atoms with E-state index in [-0.39, 0.29) is 17.6 Å². The van der Waals surface area contributed by atoms with Crippen molar-refractivity contribution >= 4 is 35.4 Å². The van der Waals surface area contributed by atoms with Gasteiger partial charge in [0.2, 0.25) is 12.4 Å². The van der Waals surface area contributed by atoms with Crippen LogP contribution in [0.2, 0.25) is 0 Å². The number of hydrogen-bond acceptors (Lipinski definition) is 11. The Morgan fingerprint density at radius 3 is 2.42 bits per heavy atom. The second-order valence-electron chi connectivity index (χ2n) is 12.0. The average Bonchev–Trinajstić information content (AvgIpc) is 3.53.